The number of halogens is 1. The molecule has 1 aromatic heterocycles. The van der Waals surface area contributed by atoms with E-state index in [-0.39, 0.29) is 0 Å². The summed E-state index contributed by atoms with van der Waals surface area (Å²) < 4.78 is 2.03. The van der Waals surface area contributed by atoms with Crippen LogP contribution in [0.25, 0.3) is 5.70 Å². The van der Waals surface area contributed by atoms with Crippen LogP contribution in [0.3, 0.4) is 0 Å². The van der Waals surface area contributed by atoms with Crippen molar-refractivity contribution in [2.75, 3.05) is 0 Å². The first-order chi connectivity index (χ1) is 7.14. The molecule has 2 rings (SSSR count). The summed E-state index contributed by atoms with van der Waals surface area (Å²) >= 11 is 6.34. The smallest absolute Gasteiger partial charge is 0.134 e. The predicted octanol–water partition coefficient (Wildman–Crippen LogP) is 2.34. The summed E-state index contributed by atoms with van der Waals surface area (Å²) in [6.45, 7) is 2.04. The molecule has 0 aromatic carbocycles. The lowest BCUT2D eigenvalue weighted by Crippen LogP contribution is -2.38. The van der Waals surface area contributed by atoms with Gasteiger partial charge in [-0.15, -0.1) is 0 Å². The van der Waals surface area contributed by atoms with Crippen molar-refractivity contribution in [2.24, 2.45) is 12.0 Å². The van der Waals surface area contributed by atoms with Gasteiger partial charge in [-0.05, 0) is 24.6 Å². The molecule has 0 saturated carbocycles. The van der Waals surface area contributed by atoms with Gasteiger partial charge in [0.1, 0.15) is 5.00 Å². The van der Waals surface area contributed by atoms with Gasteiger partial charge in [-0.25, -0.2) is 4.99 Å². The van der Waals surface area contributed by atoms with Crippen molar-refractivity contribution >= 4 is 23.6 Å². The van der Waals surface area contributed by atoms with Crippen LogP contribution in [0.15, 0.2) is 29.4 Å². The number of aromatic nitrogens is 1. The minimum Gasteiger partial charge on any atom is -0.354 e. The van der Waals surface area contributed by atoms with Crippen molar-refractivity contribution in [1.82, 2.24) is 9.88 Å². The maximum atomic E-state index is 6.34. The van der Waals surface area contributed by atoms with Crippen LogP contribution in [0.2, 0.25) is 0 Å². The molecular formula is C11H14ClN3. The average molecular weight is 224 g/mol. The van der Waals surface area contributed by atoms with Gasteiger partial charge in [-0.1, -0.05) is 18.5 Å². The Balaban J connectivity index is 2.38. The van der Waals surface area contributed by atoms with Crippen molar-refractivity contribution in [3.8, 4) is 0 Å². The van der Waals surface area contributed by atoms with Crippen LogP contribution in [0.4, 0.5) is 0 Å². The molecule has 1 aliphatic heterocycles. The quantitative estimate of drug-likeness (QED) is 0.605. The molecule has 0 fully saturated rings. The van der Waals surface area contributed by atoms with Crippen LogP contribution in [0, 0.1) is 0 Å². The van der Waals surface area contributed by atoms with Gasteiger partial charge in [0, 0.05) is 13.2 Å². The Kier molecular flexibility index (Phi) is 2.57. The highest BCUT2D eigenvalue weighted by atomic mass is 35.5. The Morgan fingerprint density at radius 1 is 1.60 bits per heavy atom. The maximum absolute atomic E-state index is 6.34. The van der Waals surface area contributed by atoms with Crippen LogP contribution in [-0.4, -0.2) is 15.9 Å². The molecule has 1 N–H and O–H groups in total. The molecule has 80 valence electrons. The second kappa shape index (κ2) is 3.74. The number of nitrogens with zero attached hydrogens (tertiary/aromatic N) is 2. The third kappa shape index (κ3) is 1.92. The summed E-state index contributed by atoms with van der Waals surface area (Å²) in [5.41, 5.74) is 1.99. The van der Waals surface area contributed by atoms with E-state index in [2.05, 4.69) is 10.3 Å². The standard InChI is InChI=1S/C11H14ClN3/c1-3-11(12)7-9(13-8-14-11)10-5-4-6-15(10)2/h4-8H,3H2,1-2H3,(H,13,14). The monoisotopic (exact) mass is 223 g/mol. The van der Waals surface area contributed by atoms with Crippen LogP contribution in [0.5, 0.6) is 0 Å². The van der Waals surface area contributed by atoms with E-state index in [9.17, 15) is 0 Å². The molecule has 0 bridgehead atoms. The lowest BCUT2D eigenvalue weighted by molar-refractivity contribution is 0.632. The maximum Gasteiger partial charge on any atom is 0.134 e. The topological polar surface area (TPSA) is 29.3 Å². The Labute approximate surface area is 94.5 Å². The minimum atomic E-state index is -0.499. The molecule has 0 spiro atoms. The Morgan fingerprint density at radius 3 is 3.00 bits per heavy atom. The van der Waals surface area contributed by atoms with Crippen molar-refractivity contribution in [2.45, 2.75) is 18.3 Å². The zero-order valence-corrected chi connectivity index (χ0v) is 9.62. The first-order valence-electron chi connectivity index (χ1n) is 4.98. The lowest BCUT2D eigenvalue weighted by atomic mass is 10.1. The molecule has 1 unspecified atom stereocenters. The van der Waals surface area contributed by atoms with Crippen LogP contribution in [0.1, 0.15) is 19.0 Å². The van der Waals surface area contributed by atoms with Crippen molar-refractivity contribution < 1.29 is 0 Å². The van der Waals surface area contributed by atoms with Gasteiger partial charge < -0.3 is 9.88 Å². The lowest BCUT2D eigenvalue weighted by Gasteiger charge is -2.25. The number of hydrogen-bond donors (Lipinski definition) is 1. The first-order valence-corrected chi connectivity index (χ1v) is 5.36. The number of rotatable bonds is 2. The van der Waals surface area contributed by atoms with Crippen molar-refractivity contribution in [3.63, 3.8) is 0 Å². The second-order valence-electron chi connectivity index (χ2n) is 3.65. The Morgan fingerprint density at radius 2 is 2.40 bits per heavy atom. The number of hydrogen-bond acceptors (Lipinski definition) is 2. The van der Waals surface area contributed by atoms with Crippen molar-refractivity contribution in [1.29, 1.82) is 0 Å². The highest BCUT2D eigenvalue weighted by Crippen LogP contribution is 2.27. The van der Waals surface area contributed by atoms with Gasteiger partial charge in [0.25, 0.3) is 0 Å². The summed E-state index contributed by atoms with van der Waals surface area (Å²) in [7, 11) is 2.00. The molecule has 0 radical (unpaired) electrons. The number of aryl methyl sites for hydroxylation is 1. The Hall–Kier alpha value is -1.22. The summed E-state index contributed by atoms with van der Waals surface area (Å²) in [5.74, 6) is 0. The third-order valence-electron chi connectivity index (χ3n) is 2.59. The molecule has 0 saturated heterocycles. The van der Waals surface area contributed by atoms with E-state index in [0.717, 1.165) is 17.8 Å². The van der Waals surface area contributed by atoms with Crippen LogP contribution in [-0.2, 0) is 7.05 Å². The highest BCUT2D eigenvalue weighted by Gasteiger charge is 2.24. The van der Waals surface area contributed by atoms with Gasteiger partial charge in [0.05, 0.1) is 17.7 Å². The SMILES string of the molecule is CCC1(Cl)C=C(c2cccn2C)N=CN1. The average Bonchev–Trinajstić information content (AvgIpc) is 2.65. The normalized spacial score (nSPS) is 24.9. The van der Waals surface area contributed by atoms with Gasteiger partial charge in [-0.3, -0.25) is 0 Å². The number of aliphatic imine (C=N–C) groups is 1. The van der Waals surface area contributed by atoms with E-state index in [1.807, 2.05) is 42.9 Å². The van der Waals surface area contributed by atoms with Crippen LogP contribution >= 0.6 is 11.6 Å². The van der Waals surface area contributed by atoms with Gasteiger partial charge in [0.2, 0.25) is 0 Å². The summed E-state index contributed by atoms with van der Waals surface area (Å²) in [6.07, 6.45) is 6.44. The molecular weight excluding hydrogens is 210 g/mol. The van der Waals surface area contributed by atoms with Gasteiger partial charge >= 0.3 is 0 Å². The van der Waals surface area contributed by atoms with Crippen LogP contribution < -0.4 is 5.32 Å². The molecule has 0 aliphatic carbocycles. The zero-order valence-electron chi connectivity index (χ0n) is 8.87. The van der Waals surface area contributed by atoms with Gasteiger partial charge in [0.15, 0.2) is 0 Å². The molecule has 1 aliphatic rings. The van der Waals surface area contributed by atoms with E-state index in [1.165, 1.54) is 0 Å². The zero-order chi connectivity index (χ0) is 10.9. The minimum absolute atomic E-state index is 0.499. The fraction of sp³-hybridized carbons (Fsp3) is 0.364. The van der Waals surface area contributed by atoms with Gasteiger partial charge in [-0.2, -0.15) is 0 Å². The fourth-order valence-corrected chi connectivity index (χ4v) is 1.73. The third-order valence-corrected chi connectivity index (χ3v) is 3.08. The Bertz CT molecular complexity index is 419. The second-order valence-corrected chi connectivity index (χ2v) is 4.33. The van der Waals surface area contributed by atoms with E-state index in [4.69, 9.17) is 11.6 Å². The molecule has 1 aromatic rings. The molecule has 15 heavy (non-hydrogen) atoms. The summed E-state index contributed by atoms with van der Waals surface area (Å²) in [5, 5.41) is 3.04. The van der Waals surface area contributed by atoms with E-state index in [0.29, 0.717) is 0 Å². The molecule has 2 heterocycles. The van der Waals surface area contributed by atoms with E-state index < -0.39 is 5.00 Å². The summed E-state index contributed by atoms with van der Waals surface area (Å²) in [4.78, 5) is 3.80. The molecule has 3 nitrogen and oxygen atoms in total. The first kappa shape index (κ1) is 10.3. The highest BCUT2D eigenvalue weighted by molar-refractivity contribution is 6.26. The van der Waals surface area contributed by atoms with E-state index in [1.54, 1.807) is 6.34 Å². The fourth-order valence-electron chi connectivity index (χ4n) is 1.58. The largest absolute Gasteiger partial charge is 0.354 e. The predicted molar refractivity (Wildman–Crippen MR) is 63.9 cm³/mol. The van der Waals surface area contributed by atoms with Crippen molar-refractivity contribution in [3.05, 3.63) is 30.1 Å². The molecule has 1 atom stereocenters. The van der Waals surface area contributed by atoms with E-state index >= 15 is 0 Å². The summed E-state index contributed by atoms with van der Waals surface area (Å²) in [6, 6.07) is 4.02. The molecule has 4 heteroatoms. The number of nitrogens with one attached hydrogen (secondary N) is 1. The number of alkyl halides is 1. The molecule has 0 amide bonds.